The minimum Gasteiger partial charge on any atom is -0.490 e. The number of aliphatic carboxylic acids is 1. The molecule has 1 aromatic carbocycles. The number of amides is 1. The van der Waals surface area contributed by atoms with Gasteiger partial charge in [-0.1, -0.05) is 0 Å². The summed E-state index contributed by atoms with van der Waals surface area (Å²) in [6.45, 7) is 1.77. The molecule has 0 saturated heterocycles. The highest BCUT2D eigenvalue weighted by Crippen LogP contribution is 2.30. The lowest BCUT2D eigenvalue weighted by Crippen LogP contribution is -2.41. The molecule has 1 amide bonds. The van der Waals surface area contributed by atoms with Gasteiger partial charge in [0.25, 0.3) is 5.91 Å². The fourth-order valence-corrected chi connectivity index (χ4v) is 2.31. The van der Waals surface area contributed by atoms with Crippen LogP contribution >= 0.6 is 0 Å². The second-order valence-corrected chi connectivity index (χ2v) is 5.28. The molecule has 6 heteroatoms. The van der Waals surface area contributed by atoms with Gasteiger partial charge in [-0.15, -0.1) is 0 Å². The maximum Gasteiger partial charge on any atom is 0.341 e. The van der Waals surface area contributed by atoms with Gasteiger partial charge < -0.3 is 19.5 Å². The van der Waals surface area contributed by atoms with Crippen molar-refractivity contribution in [1.29, 1.82) is 0 Å². The third kappa shape index (κ3) is 3.69. The first-order valence-electron chi connectivity index (χ1n) is 7.41. The van der Waals surface area contributed by atoms with Crippen LogP contribution in [0.4, 0.5) is 0 Å². The van der Waals surface area contributed by atoms with E-state index in [4.69, 9.17) is 14.6 Å². The Balaban J connectivity index is 2.16. The number of carboxylic acid groups (broad SMARTS) is 1. The van der Waals surface area contributed by atoms with Crippen molar-refractivity contribution in [2.24, 2.45) is 0 Å². The molecule has 0 aliphatic heterocycles. The van der Waals surface area contributed by atoms with Crippen molar-refractivity contribution in [3.63, 3.8) is 0 Å². The Morgan fingerprint density at radius 3 is 2.55 bits per heavy atom. The van der Waals surface area contributed by atoms with Crippen molar-refractivity contribution < 1.29 is 24.2 Å². The minimum absolute atomic E-state index is 0.0598. The number of ether oxygens (including phenoxy) is 2. The van der Waals surface area contributed by atoms with E-state index in [1.165, 1.54) is 0 Å². The average molecular weight is 307 g/mol. The zero-order chi connectivity index (χ0) is 16.1. The van der Waals surface area contributed by atoms with Crippen molar-refractivity contribution in [2.45, 2.75) is 32.2 Å². The third-order valence-corrected chi connectivity index (χ3v) is 3.78. The summed E-state index contributed by atoms with van der Waals surface area (Å²) in [5, 5.41) is 8.68. The summed E-state index contributed by atoms with van der Waals surface area (Å²) < 4.78 is 10.6. The molecule has 1 aromatic rings. The van der Waals surface area contributed by atoms with Gasteiger partial charge in [-0.25, -0.2) is 4.79 Å². The van der Waals surface area contributed by atoms with Gasteiger partial charge in [0.1, 0.15) is 0 Å². The van der Waals surface area contributed by atoms with Crippen molar-refractivity contribution in [1.82, 2.24) is 4.90 Å². The van der Waals surface area contributed by atoms with E-state index in [0.717, 1.165) is 19.3 Å². The molecule has 120 valence electrons. The van der Waals surface area contributed by atoms with Crippen LogP contribution in [0.15, 0.2) is 18.2 Å². The molecule has 1 saturated carbocycles. The Hall–Kier alpha value is -2.24. The van der Waals surface area contributed by atoms with Crippen LogP contribution in [0.5, 0.6) is 11.5 Å². The molecule has 1 fully saturated rings. The molecule has 2 rings (SSSR count). The Kier molecular flexibility index (Phi) is 5.25. The van der Waals surface area contributed by atoms with E-state index in [1.807, 2.05) is 6.92 Å². The number of carbonyl (C=O) groups excluding carboxylic acids is 1. The van der Waals surface area contributed by atoms with E-state index in [-0.39, 0.29) is 5.91 Å². The van der Waals surface area contributed by atoms with Gasteiger partial charge in [0, 0.05) is 18.7 Å². The Morgan fingerprint density at radius 1 is 1.27 bits per heavy atom. The van der Waals surface area contributed by atoms with Gasteiger partial charge in [0.15, 0.2) is 18.1 Å². The fourth-order valence-electron chi connectivity index (χ4n) is 2.31. The Bertz CT molecular complexity index is 553. The monoisotopic (exact) mass is 307 g/mol. The van der Waals surface area contributed by atoms with E-state index < -0.39 is 12.6 Å². The highest BCUT2D eigenvalue weighted by Gasteiger charge is 2.26. The fraction of sp³-hybridized carbons (Fsp3) is 0.500. The number of nitrogens with zero attached hydrogens (tertiary/aromatic N) is 1. The topological polar surface area (TPSA) is 76.1 Å². The van der Waals surface area contributed by atoms with E-state index in [2.05, 4.69) is 0 Å². The molecular weight excluding hydrogens is 286 g/mol. The molecule has 0 atom stereocenters. The maximum absolute atomic E-state index is 12.4. The van der Waals surface area contributed by atoms with Gasteiger partial charge >= 0.3 is 5.97 Å². The SMILES string of the molecule is CCOc1cc(C(=O)N(C)C2CCC2)ccc1OCC(=O)O. The van der Waals surface area contributed by atoms with Gasteiger partial charge in [0.2, 0.25) is 0 Å². The second kappa shape index (κ2) is 7.15. The summed E-state index contributed by atoms with van der Waals surface area (Å²) in [5.41, 5.74) is 0.514. The largest absolute Gasteiger partial charge is 0.490 e. The molecule has 1 N–H and O–H groups in total. The highest BCUT2D eigenvalue weighted by atomic mass is 16.5. The number of hydrogen-bond acceptors (Lipinski definition) is 4. The van der Waals surface area contributed by atoms with Gasteiger partial charge in [-0.05, 0) is 44.4 Å². The van der Waals surface area contributed by atoms with Crippen molar-refractivity contribution >= 4 is 11.9 Å². The Morgan fingerprint density at radius 2 is 2.00 bits per heavy atom. The normalized spacial score (nSPS) is 14.1. The van der Waals surface area contributed by atoms with Crippen LogP contribution in [0.3, 0.4) is 0 Å². The van der Waals surface area contributed by atoms with Crippen LogP contribution in [0, 0.1) is 0 Å². The number of carbonyl (C=O) groups is 2. The summed E-state index contributed by atoms with van der Waals surface area (Å²) in [6.07, 6.45) is 3.25. The molecule has 0 spiro atoms. The summed E-state index contributed by atoms with van der Waals surface area (Å²) >= 11 is 0. The summed E-state index contributed by atoms with van der Waals surface area (Å²) in [5.74, 6) is -0.411. The van der Waals surface area contributed by atoms with E-state index in [1.54, 1.807) is 30.1 Å². The van der Waals surface area contributed by atoms with Crippen LogP contribution in [0.2, 0.25) is 0 Å². The predicted molar refractivity (Wildman–Crippen MR) is 80.5 cm³/mol. The molecule has 0 aromatic heterocycles. The first-order chi connectivity index (χ1) is 10.5. The zero-order valence-electron chi connectivity index (χ0n) is 12.9. The standard InChI is InChI=1S/C16H21NO5/c1-3-21-14-9-11(7-8-13(14)22-10-15(18)19)16(20)17(2)12-5-4-6-12/h7-9,12H,3-6,10H2,1-2H3,(H,18,19). The lowest BCUT2D eigenvalue weighted by molar-refractivity contribution is -0.139. The average Bonchev–Trinajstić information content (AvgIpc) is 2.43. The smallest absolute Gasteiger partial charge is 0.341 e. The second-order valence-electron chi connectivity index (χ2n) is 5.28. The number of carboxylic acids is 1. The van der Waals surface area contributed by atoms with Crippen molar-refractivity contribution in [2.75, 3.05) is 20.3 Å². The van der Waals surface area contributed by atoms with E-state index in [9.17, 15) is 9.59 Å². The first-order valence-corrected chi connectivity index (χ1v) is 7.41. The highest BCUT2D eigenvalue weighted by molar-refractivity contribution is 5.95. The van der Waals surface area contributed by atoms with E-state index >= 15 is 0 Å². The molecule has 1 aliphatic rings. The quantitative estimate of drug-likeness (QED) is 0.835. The Labute approximate surface area is 129 Å². The van der Waals surface area contributed by atoms with Crippen LogP contribution in [0.1, 0.15) is 36.5 Å². The molecule has 22 heavy (non-hydrogen) atoms. The molecular formula is C16H21NO5. The van der Waals surface area contributed by atoms with E-state index in [0.29, 0.717) is 29.7 Å². The molecule has 0 bridgehead atoms. The molecule has 0 radical (unpaired) electrons. The van der Waals surface area contributed by atoms with Crippen LogP contribution in [-0.2, 0) is 4.79 Å². The third-order valence-electron chi connectivity index (χ3n) is 3.78. The number of rotatable bonds is 7. The number of hydrogen-bond donors (Lipinski definition) is 1. The van der Waals surface area contributed by atoms with Gasteiger partial charge in [-0.3, -0.25) is 4.79 Å². The van der Waals surface area contributed by atoms with Gasteiger partial charge in [0.05, 0.1) is 6.61 Å². The van der Waals surface area contributed by atoms with Crippen molar-refractivity contribution in [3.8, 4) is 11.5 Å². The van der Waals surface area contributed by atoms with Gasteiger partial charge in [-0.2, -0.15) is 0 Å². The van der Waals surface area contributed by atoms with Crippen LogP contribution in [0.25, 0.3) is 0 Å². The first kappa shape index (κ1) is 16.1. The lowest BCUT2D eigenvalue weighted by Gasteiger charge is -2.34. The summed E-state index contributed by atoms with van der Waals surface area (Å²) in [6, 6.07) is 5.14. The predicted octanol–water partition coefficient (Wildman–Crippen LogP) is 2.17. The molecule has 0 heterocycles. The maximum atomic E-state index is 12.4. The number of benzene rings is 1. The van der Waals surface area contributed by atoms with Crippen LogP contribution < -0.4 is 9.47 Å². The summed E-state index contributed by atoms with van der Waals surface area (Å²) in [7, 11) is 1.81. The molecule has 6 nitrogen and oxygen atoms in total. The lowest BCUT2D eigenvalue weighted by atomic mass is 9.91. The van der Waals surface area contributed by atoms with Crippen LogP contribution in [-0.4, -0.2) is 48.2 Å². The molecule has 1 aliphatic carbocycles. The molecule has 0 unspecified atom stereocenters. The zero-order valence-corrected chi connectivity index (χ0v) is 12.9. The van der Waals surface area contributed by atoms with Crippen molar-refractivity contribution in [3.05, 3.63) is 23.8 Å². The minimum atomic E-state index is -1.06. The summed E-state index contributed by atoms with van der Waals surface area (Å²) in [4.78, 5) is 24.8.